The summed E-state index contributed by atoms with van der Waals surface area (Å²) in [4.78, 5) is 31.6. The first-order valence-electron chi connectivity index (χ1n) is 10.5. The monoisotopic (exact) mass is 496 g/mol. The molecule has 0 bridgehead atoms. The van der Waals surface area contributed by atoms with Crippen LogP contribution in [0, 0.1) is 0 Å². The fourth-order valence-electron chi connectivity index (χ4n) is 4.13. The molecule has 4 rings (SSSR count). The third-order valence-corrected chi connectivity index (χ3v) is 7.12. The number of fused-ring (bicyclic) bond motifs is 1. The van der Waals surface area contributed by atoms with Crippen LogP contribution in [-0.2, 0) is 11.2 Å². The second kappa shape index (κ2) is 9.79. The van der Waals surface area contributed by atoms with Crippen LogP contribution in [0.4, 0.5) is 0 Å². The Kier molecular flexibility index (Phi) is 6.88. The molecule has 1 atom stereocenters. The van der Waals surface area contributed by atoms with Crippen molar-refractivity contribution in [3.05, 3.63) is 92.1 Å². The molecule has 0 aliphatic carbocycles. The number of nitrogens with zero attached hydrogens (tertiary/aromatic N) is 2. The zero-order valence-corrected chi connectivity index (χ0v) is 19.9. The largest absolute Gasteiger partial charge is 0.330 e. The minimum absolute atomic E-state index is 0.00962. The molecule has 31 heavy (non-hydrogen) atoms. The van der Waals surface area contributed by atoms with E-state index < -0.39 is 0 Å². The van der Waals surface area contributed by atoms with Crippen LogP contribution in [0.5, 0.6) is 0 Å². The molecule has 160 valence electrons. The molecule has 2 aromatic carbocycles. The summed E-state index contributed by atoms with van der Waals surface area (Å²) in [7, 11) is 0. The maximum Gasteiger partial charge on any atom is 0.254 e. The predicted octanol–water partition coefficient (Wildman–Crippen LogP) is 5.54. The van der Waals surface area contributed by atoms with Gasteiger partial charge in [-0.2, -0.15) is 0 Å². The van der Waals surface area contributed by atoms with Gasteiger partial charge in [-0.1, -0.05) is 53.2 Å². The first kappa shape index (κ1) is 21.8. The zero-order valence-electron chi connectivity index (χ0n) is 17.5. The van der Waals surface area contributed by atoms with E-state index in [9.17, 15) is 9.59 Å². The van der Waals surface area contributed by atoms with E-state index in [0.717, 1.165) is 22.9 Å². The Balaban J connectivity index is 1.59. The summed E-state index contributed by atoms with van der Waals surface area (Å²) in [5.41, 5.74) is 2.91. The number of halogens is 1. The average molecular weight is 497 g/mol. The number of hydrogen-bond acceptors (Lipinski definition) is 3. The van der Waals surface area contributed by atoms with Crippen LogP contribution in [0.3, 0.4) is 0 Å². The topological polar surface area (TPSA) is 40.6 Å². The van der Waals surface area contributed by atoms with Crippen molar-refractivity contribution >= 4 is 39.1 Å². The number of thiophene rings is 1. The highest BCUT2D eigenvalue weighted by molar-refractivity contribution is 9.10. The molecule has 6 heteroatoms. The quantitative estimate of drug-likeness (QED) is 0.449. The van der Waals surface area contributed by atoms with Crippen LogP contribution >= 0.6 is 27.3 Å². The van der Waals surface area contributed by atoms with Crippen molar-refractivity contribution < 1.29 is 9.59 Å². The lowest BCUT2D eigenvalue weighted by Crippen LogP contribution is -2.47. The van der Waals surface area contributed by atoms with Gasteiger partial charge in [-0.25, -0.2) is 0 Å². The van der Waals surface area contributed by atoms with E-state index in [2.05, 4.69) is 39.5 Å². The summed E-state index contributed by atoms with van der Waals surface area (Å²) >= 11 is 5.17. The van der Waals surface area contributed by atoms with Crippen LogP contribution in [0.25, 0.3) is 0 Å². The SMILES string of the molecule is CCCN(CC(=O)N1CCc2sccc2C1c1ccccc1)C(=O)c1ccc(Br)cc1. The number of rotatable bonds is 6. The first-order valence-corrected chi connectivity index (χ1v) is 12.2. The van der Waals surface area contributed by atoms with Gasteiger partial charge in [0.25, 0.3) is 5.91 Å². The molecular weight excluding hydrogens is 472 g/mol. The van der Waals surface area contributed by atoms with E-state index in [0.29, 0.717) is 18.7 Å². The summed E-state index contributed by atoms with van der Waals surface area (Å²) in [5.74, 6) is -0.114. The van der Waals surface area contributed by atoms with Crippen molar-refractivity contribution in [3.8, 4) is 0 Å². The standard InChI is InChI=1S/C25H25BrN2O2S/c1-2-14-27(25(30)19-8-10-20(26)11-9-19)17-23(29)28-15-12-22-21(13-16-31-22)24(28)18-6-4-3-5-7-18/h3-11,13,16,24H,2,12,14-15,17H2,1H3. The molecule has 3 aromatic rings. The lowest BCUT2D eigenvalue weighted by molar-refractivity contribution is -0.134. The molecule has 0 N–H and O–H groups in total. The van der Waals surface area contributed by atoms with Crippen LogP contribution in [0.1, 0.15) is 45.7 Å². The molecule has 2 amide bonds. The van der Waals surface area contributed by atoms with E-state index in [1.54, 1.807) is 28.4 Å². The van der Waals surface area contributed by atoms with Crippen molar-refractivity contribution in [1.29, 1.82) is 0 Å². The van der Waals surface area contributed by atoms with Crippen molar-refractivity contribution in [2.24, 2.45) is 0 Å². The van der Waals surface area contributed by atoms with Gasteiger partial charge >= 0.3 is 0 Å². The molecule has 4 nitrogen and oxygen atoms in total. The number of amides is 2. The highest BCUT2D eigenvalue weighted by Crippen LogP contribution is 2.37. The van der Waals surface area contributed by atoms with Crippen LogP contribution in [-0.4, -0.2) is 41.2 Å². The van der Waals surface area contributed by atoms with Gasteiger partial charge in [0.05, 0.1) is 6.04 Å². The third kappa shape index (κ3) is 4.75. The summed E-state index contributed by atoms with van der Waals surface area (Å²) in [5, 5.41) is 2.11. The molecule has 0 spiro atoms. The van der Waals surface area contributed by atoms with Gasteiger partial charge in [0.15, 0.2) is 0 Å². The van der Waals surface area contributed by atoms with Gasteiger partial charge in [0.1, 0.15) is 6.54 Å². The first-order chi connectivity index (χ1) is 15.1. The Hall–Kier alpha value is -2.44. The van der Waals surface area contributed by atoms with Gasteiger partial charge < -0.3 is 9.80 Å². The molecule has 1 aliphatic rings. The van der Waals surface area contributed by atoms with E-state index in [1.807, 2.05) is 42.2 Å². The second-order valence-electron chi connectivity index (χ2n) is 7.68. The molecule has 2 heterocycles. The lowest BCUT2D eigenvalue weighted by Gasteiger charge is -2.37. The van der Waals surface area contributed by atoms with Gasteiger partial charge in [-0.3, -0.25) is 9.59 Å². The van der Waals surface area contributed by atoms with Crippen molar-refractivity contribution in [1.82, 2.24) is 9.80 Å². The highest BCUT2D eigenvalue weighted by atomic mass is 79.9. The number of hydrogen-bond donors (Lipinski definition) is 0. The average Bonchev–Trinajstić information content (AvgIpc) is 3.27. The molecule has 1 aromatic heterocycles. The van der Waals surface area contributed by atoms with Gasteiger partial charge in [0, 0.05) is 28.0 Å². The summed E-state index contributed by atoms with van der Waals surface area (Å²) in [6, 6.07) is 19.5. The third-order valence-electron chi connectivity index (χ3n) is 5.60. The van der Waals surface area contributed by atoms with Crippen LogP contribution < -0.4 is 0 Å². The minimum atomic E-state index is -0.104. The summed E-state index contributed by atoms with van der Waals surface area (Å²) in [6.45, 7) is 3.33. The highest BCUT2D eigenvalue weighted by Gasteiger charge is 2.33. The van der Waals surface area contributed by atoms with Gasteiger partial charge in [0.2, 0.25) is 5.91 Å². The molecule has 1 aliphatic heterocycles. The van der Waals surface area contributed by atoms with Crippen LogP contribution in [0.15, 0.2) is 70.5 Å². The molecule has 0 saturated carbocycles. The number of carbonyl (C=O) groups excluding carboxylic acids is 2. The maximum absolute atomic E-state index is 13.5. The minimum Gasteiger partial charge on any atom is -0.330 e. The molecule has 0 saturated heterocycles. The van der Waals surface area contributed by atoms with E-state index in [-0.39, 0.29) is 24.4 Å². The van der Waals surface area contributed by atoms with E-state index >= 15 is 0 Å². The Morgan fingerprint density at radius 1 is 1.10 bits per heavy atom. The number of carbonyl (C=O) groups is 2. The molecule has 0 radical (unpaired) electrons. The Morgan fingerprint density at radius 3 is 2.55 bits per heavy atom. The predicted molar refractivity (Wildman–Crippen MR) is 128 cm³/mol. The van der Waals surface area contributed by atoms with Crippen molar-refractivity contribution in [3.63, 3.8) is 0 Å². The second-order valence-corrected chi connectivity index (χ2v) is 9.60. The molecular formula is C25H25BrN2O2S. The van der Waals surface area contributed by atoms with E-state index in [4.69, 9.17) is 0 Å². The normalized spacial score (nSPS) is 15.4. The fourth-order valence-corrected chi connectivity index (χ4v) is 5.30. The molecule has 1 unspecified atom stereocenters. The summed E-state index contributed by atoms with van der Waals surface area (Å²) < 4.78 is 0.924. The fraction of sp³-hybridized carbons (Fsp3) is 0.280. The smallest absolute Gasteiger partial charge is 0.254 e. The van der Waals surface area contributed by atoms with Crippen molar-refractivity contribution in [2.75, 3.05) is 19.6 Å². The number of benzene rings is 2. The Morgan fingerprint density at radius 2 is 1.84 bits per heavy atom. The van der Waals surface area contributed by atoms with Gasteiger partial charge in [-0.15, -0.1) is 11.3 Å². The zero-order chi connectivity index (χ0) is 21.8. The van der Waals surface area contributed by atoms with Crippen molar-refractivity contribution in [2.45, 2.75) is 25.8 Å². The summed E-state index contributed by atoms with van der Waals surface area (Å²) in [6.07, 6.45) is 1.66. The maximum atomic E-state index is 13.5. The van der Waals surface area contributed by atoms with Gasteiger partial charge in [-0.05, 0) is 59.7 Å². The Labute approximate surface area is 195 Å². The Bertz CT molecular complexity index is 1050. The van der Waals surface area contributed by atoms with Crippen LogP contribution in [0.2, 0.25) is 0 Å². The lowest BCUT2D eigenvalue weighted by atomic mass is 9.93. The molecule has 0 fully saturated rings. The van der Waals surface area contributed by atoms with E-state index in [1.165, 1.54) is 10.4 Å².